The summed E-state index contributed by atoms with van der Waals surface area (Å²) in [6, 6.07) is 1.97. The van der Waals surface area contributed by atoms with E-state index in [0.29, 0.717) is 24.4 Å². The Labute approximate surface area is 161 Å². The van der Waals surface area contributed by atoms with Gasteiger partial charge in [-0.15, -0.1) is 11.3 Å². The van der Waals surface area contributed by atoms with Crippen LogP contribution in [0.2, 0.25) is 0 Å². The van der Waals surface area contributed by atoms with Gasteiger partial charge in [0.15, 0.2) is 0 Å². The van der Waals surface area contributed by atoms with E-state index in [1.807, 2.05) is 12.1 Å². The summed E-state index contributed by atoms with van der Waals surface area (Å²) in [5, 5.41) is 2.66. The van der Waals surface area contributed by atoms with E-state index in [2.05, 4.69) is 10.3 Å². The number of hydrogen-bond acceptors (Lipinski definition) is 7. The van der Waals surface area contributed by atoms with Gasteiger partial charge in [0, 0.05) is 6.20 Å². The van der Waals surface area contributed by atoms with Gasteiger partial charge in [-0.3, -0.25) is 10.3 Å². The van der Waals surface area contributed by atoms with E-state index in [-0.39, 0.29) is 4.88 Å². The van der Waals surface area contributed by atoms with Crippen LogP contribution in [0.3, 0.4) is 0 Å². The Hall–Kier alpha value is -2.45. The zero-order chi connectivity index (χ0) is 19.6. The van der Waals surface area contributed by atoms with Crippen LogP contribution in [-0.4, -0.2) is 43.0 Å². The van der Waals surface area contributed by atoms with Crippen molar-refractivity contribution in [3.05, 3.63) is 28.8 Å². The van der Waals surface area contributed by atoms with Crippen LogP contribution in [0.15, 0.2) is 18.3 Å². The molecule has 0 saturated carbocycles. The first kappa shape index (κ1) is 19.3. The van der Waals surface area contributed by atoms with Gasteiger partial charge in [-0.25, -0.2) is 9.59 Å². The molecule has 1 aliphatic rings. The largest absolute Gasteiger partial charge is 0.465 e. The quantitative estimate of drug-likeness (QED) is 0.789. The number of methoxy groups -OCH3 is 1. The van der Waals surface area contributed by atoms with Crippen LogP contribution in [0.1, 0.15) is 42.4 Å². The number of ether oxygens (including phenoxy) is 3. The van der Waals surface area contributed by atoms with Crippen molar-refractivity contribution in [2.45, 2.75) is 32.8 Å². The first-order chi connectivity index (χ1) is 12.8. The molecule has 2 aromatic rings. The molecule has 0 aliphatic carbocycles. The van der Waals surface area contributed by atoms with Crippen LogP contribution in [0.5, 0.6) is 0 Å². The molecule has 0 saturated heterocycles. The Morgan fingerprint density at radius 2 is 2.11 bits per heavy atom. The van der Waals surface area contributed by atoms with E-state index >= 15 is 0 Å². The molecule has 8 heteroatoms. The highest BCUT2D eigenvalue weighted by molar-refractivity contribution is 7.21. The number of carbonyl (C=O) groups excluding carboxylic acids is 2. The lowest BCUT2D eigenvalue weighted by molar-refractivity contribution is 0.0607. The predicted molar refractivity (Wildman–Crippen MR) is 104 cm³/mol. The first-order valence-corrected chi connectivity index (χ1v) is 9.38. The summed E-state index contributed by atoms with van der Waals surface area (Å²) in [5.74, 6) is -0.532. The summed E-state index contributed by atoms with van der Waals surface area (Å²) in [6.45, 7) is 6.56. The van der Waals surface area contributed by atoms with Gasteiger partial charge >= 0.3 is 12.1 Å². The second-order valence-corrected chi connectivity index (χ2v) is 8.10. The molecule has 0 aromatic carbocycles. The molecule has 0 fully saturated rings. The van der Waals surface area contributed by atoms with Crippen LogP contribution in [0.4, 0.5) is 10.5 Å². The summed E-state index contributed by atoms with van der Waals surface area (Å²) in [7, 11) is 1.30. The molecule has 3 rings (SSSR count). The van der Waals surface area contributed by atoms with E-state index in [1.54, 1.807) is 27.0 Å². The lowest BCUT2D eigenvalue weighted by Crippen LogP contribution is -2.27. The van der Waals surface area contributed by atoms with Gasteiger partial charge in [-0.05, 0) is 44.4 Å². The van der Waals surface area contributed by atoms with Crippen molar-refractivity contribution in [2.24, 2.45) is 0 Å². The number of aromatic nitrogens is 1. The van der Waals surface area contributed by atoms with E-state index in [9.17, 15) is 9.59 Å². The average molecular weight is 390 g/mol. The molecule has 144 valence electrons. The highest BCUT2D eigenvalue weighted by Gasteiger charge is 2.25. The fourth-order valence-electron chi connectivity index (χ4n) is 2.70. The van der Waals surface area contributed by atoms with Crippen molar-refractivity contribution < 1.29 is 23.8 Å². The lowest BCUT2D eigenvalue weighted by atomic mass is 10.0. The smallest absolute Gasteiger partial charge is 0.412 e. The van der Waals surface area contributed by atoms with Crippen molar-refractivity contribution in [2.75, 3.05) is 25.6 Å². The number of esters is 1. The van der Waals surface area contributed by atoms with Gasteiger partial charge < -0.3 is 14.2 Å². The molecular weight excluding hydrogens is 368 g/mol. The molecule has 0 spiro atoms. The molecule has 0 atom stereocenters. The molecule has 3 heterocycles. The van der Waals surface area contributed by atoms with Gasteiger partial charge in [0.2, 0.25) is 0 Å². The molecule has 0 bridgehead atoms. The fraction of sp³-hybridized carbons (Fsp3) is 0.421. The summed E-state index contributed by atoms with van der Waals surface area (Å²) in [4.78, 5) is 29.2. The van der Waals surface area contributed by atoms with Crippen LogP contribution in [0.25, 0.3) is 15.8 Å². The number of nitrogens with one attached hydrogen (secondary N) is 1. The van der Waals surface area contributed by atoms with E-state index in [0.717, 1.165) is 22.3 Å². The minimum atomic E-state index is -0.655. The van der Waals surface area contributed by atoms with Gasteiger partial charge in [-0.1, -0.05) is 6.08 Å². The molecule has 1 aliphatic heterocycles. The highest BCUT2D eigenvalue weighted by atomic mass is 32.1. The molecule has 1 amide bonds. The standard InChI is InChI=1S/C19H22N2O5S/c1-19(2,3)26-18(23)21-15-14-13(27-16(15)17(22)24-4)9-12(10-20-14)11-5-7-25-8-6-11/h5,9-10H,6-8H2,1-4H3,(H,21,23). The van der Waals surface area contributed by atoms with Gasteiger partial charge in [0.05, 0.1) is 30.7 Å². The molecular formula is C19H22N2O5S. The van der Waals surface area contributed by atoms with E-state index in [1.165, 1.54) is 18.4 Å². The topological polar surface area (TPSA) is 86.8 Å². The summed E-state index contributed by atoms with van der Waals surface area (Å²) < 4.78 is 16.3. The Kier molecular flexibility index (Phi) is 5.48. The molecule has 1 N–H and O–H groups in total. The predicted octanol–water partition coefficient (Wildman–Crippen LogP) is 4.23. The number of fused-ring (bicyclic) bond motifs is 1. The second-order valence-electron chi connectivity index (χ2n) is 7.05. The molecule has 0 radical (unpaired) electrons. The summed E-state index contributed by atoms with van der Waals surface area (Å²) in [6.07, 6.45) is 3.94. The number of hydrogen-bond donors (Lipinski definition) is 1. The highest BCUT2D eigenvalue weighted by Crippen LogP contribution is 2.37. The maximum Gasteiger partial charge on any atom is 0.412 e. The molecule has 2 aromatic heterocycles. The summed E-state index contributed by atoms with van der Waals surface area (Å²) in [5.41, 5.74) is 2.32. The fourth-order valence-corrected chi connectivity index (χ4v) is 3.78. The van der Waals surface area contributed by atoms with Crippen LogP contribution in [-0.2, 0) is 14.2 Å². The van der Waals surface area contributed by atoms with Crippen molar-refractivity contribution >= 4 is 44.9 Å². The monoisotopic (exact) mass is 390 g/mol. The third-order valence-electron chi connectivity index (χ3n) is 3.86. The number of carbonyl (C=O) groups is 2. The number of anilines is 1. The Bertz CT molecular complexity index is 911. The second kappa shape index (κ2) is 7.66. The van der Waals surface area contributed by atoms with Crippen LogP contribution < -0.4 is 5.32 Å². The SMILES string of the molecule is COC(=O)c1sc2cc(C3=CCOCC3)cnc2c1NC(=O)OC(C)(C)C. The summed E-state index contributed by atoms with van der Waals surface area (Å²) >= 11 is 1.23. The lowest BCUT2D eigenvalue weighted by Gasteiger charge is -2.19. The van der Waals surface area contributed by atoms with Crippen molar-refractivity contribution in [1.29, 1.82) is 0 Å². The third-order valence-corrected chi connectivity index (χ3v) is 4.97. The third kappa shape index (κ3) is 4.45. The zero-order valence-electron chi connectivity index (χ0n) is 15.8. The molecule has 27 heavy (non-hydrogen) atoms. The van der Waals surface area contributed by atoms with Crippen molar-refractivity contribution in [3.63, 3.8) is 0 Å². The van der Waals surface area contributed by atoms with Gasteiger partial charge in [0.25, 0.3) is 0 Å². The zero-order valence-corrected chi connectivity index (χ0v) is 16.6. The molecule has 7 nitrogen and oxygen atoms in total. The molecule has 0 unspecified atom stereocenters. The van der Waals surface area contributed by atoms with Gasteiger partial charge in [0.1, 0.15) is 16.0 Å². The van der Waals surface area contributed by atoms with Crippen molar-refractivity contribution in [1.82, 2.24) is 4.98 Å². The minimum Gasteiger partial charge on any atom is -0.465 e. The normalized spacial score (nSPS) is 14.6. The minimum absolute atomic E-state index is 0.281. The van der Waals surface area contributed by atoms with Crippen LogP contribution in [0, 0.1) is 0 Å². The number of pyridine rings is 1. The average Bonchev–Trinajstić information content (AvgIpc) is 2.98. The van der Waals surface area contributed by atoms with Crippen molar-refractivity contribution in [3.8, 4) is 0 Å². The number of amides is 1. The van der Waals surface area contributed by atoms with Crippen LogP contribution >= 0.6 is 11.3 Å². The van der Waals surface area contributed by atoms with Gasteiger partial charge in [-0.2, -0.15) is 0 Å². The Morgan fingerprint density at radius 3 is 2.74 bits per heavy atom. The Morgan fingerprint density at radius 1 is 1.33 bits per heavy atom. The number of thiophene rings is 1. The van der Waals surface area contributed by atoms with E-state index < -0.39 is 17.7 Å². The van der Waals surface area contributed by atoms with E-state index in [4.69, 9.17) is 14.2 Å². The number of rotatable bonds is 3. The maximum absolute atomic E-state index is 12.2. The maximum atomic E-state index is 12.2. The first-order valence-electron chi connectivity index (χ1n) is 8.56. The number of nitrogens with zero attached hydrogens (tertiary/aromatic N) is 1. The Balaban J connectivity index is 2.01.